The van der Waals surface area contributed by atoms with E-state index in [-0.39, 0.29) is 21.4 Å². The number of alkyl halides is 3. The summed E-state index contributed by atoms with van der Waals surface area (Å²) in [7, 11) is -9.44. The molecule has 0 aliphatic carbocycles. The minimum atomic E-state index is -5.27. The van der Waals surface area contributed by atoms with Crippen LogP contribution < -0.4 is 5.32 Å². The number of hydrogen-bond donors (Lipinski definition) is 3. The summed E-state index contributed by atoms with van der Waals surface area (Å²) in [5.74, 6) is -2.32. The molecule has 3 N–H and O–H groups in total. The van der Waals surface area contributed by atoms with E-state index in [4.69, 9.17) is 0 Å². The molecule has 0 aromatic heterocycles. The number of carbonyl (C=O) groups excluding carboxylic acids is 1. The Kier molecular flexibility index (Phi) is 10.4. The van der Waals surface area contributed by atoms with Crippen molar-refractivity contribution in [3.8, 4) is 11.1 Å². The zero-order valence-corrected chi connectivity index (χ0v) is 31.9. The van der Waals surface area contributed by atoms with Gasteiger partial charge in [0.05, 0.1) is 22.7 Å². The number of anilines is 1. The van der Waals surface area contributed by atoms with E-state index in [1.165, 1.54) is 30.3 Å². The molecule has 0 bridgehead atoms. The molecule has 0 spiro atoms. The Balaban J connectivity index is 1.37. The number of nitrogens with zero attached hydrogens (tertiary/aromatic N) is 4. The predicted octanol–water partition coefficient (Wildman–Crippen LogP) is 11.0. The zero-order valence-electron chi connectivity index (χ0n) is 30.3. The predicted molar refractivity (Wildman–Crippen MR) is 206 cm³/mol. The average Bonchev–Trinajstić information content (AvgIpc) is 3.10. The van der Waals surface area contributed by atoms with Crippen molar-refractivity contribution < 1.29 is 43.9 Å². The van der Waals surface area contributed by atoms with Gasteiger partial charge in [0.2, 0.25) is 0 Å². The van der Waals surface area contributed by atoms with E-state index in [0.29, 0.717) is 38.8 Å². The summed E-state index contributed by atoms with van der Waals surface area (Å²) < 4.78 is 109. The monoisotopic (exact) mass is 803 g/mol. The van der Waals surface area contributed by atoms with Crippen molar-refractivity contribution in [2.45, 2.75) is 50.6 Å². The van der Waals surface area contributed by atoms with Gasteiger partial charge in [-0.15, -0.1) is 15.3 Å². The number of hydrogen-bond acceptors (Lipinski definition) is 9. The van der Waals surface area contributed by atoms with Crippen molar-refractivity contribution in [1.82, 2.24) is 0 Å². The first kappa shape index (κ1) is 39.8. The summed E-state index contributed by atoms with van der Waals surface area (Å²) in [5, 5.41) is 19.7. The maximum Gasteiger partial charge on any atom is 0.471 e. The number of aryl methyl sites for hydroxylation is 5. The van der Waals surface area contributed by atoms with Crippen LogP contribution in [0.25, 0.3) is 32.7 Å². The number of azo groups is 2. The van der Waals surface area contributed by atoms with Gasteiger partial charge < -0.3 is 5.32 Å². The van der Waals surface area contributed by atoms with Crippen molar-refractivity contribution in [1.29, 1.82) is 0 Å². The third-order valence-corrected chi connectivity index (χ3v) is 10.9. The Hall–Kier alpha value is -5.88. The molecular weight excluding hydrogens is 772 g/mol. The standard InChI is InChI=1S/C39H32F3N5O7S2/c1-20-14-25(15-21(2)35(20)46-44-31-18-33(55(49,50)51)28-11-7-6-10-27(28)24(31)5)26-16-22(3)36(23(4)17-26)47-45-32-19-34(56(52,53)54)29-12-8-9-13-30(29)37(32)43-38(48)39(40,41)42/h6-19H,1-5H3,(H,43,48)(H,49,50,51)(H,52,53,54). The van der Waals surface area contributed by atoms with Gasteiger partial charge >= 0.3 is 12.1 Å². The van der Waals surface area contributed by atoms with Gasteiger partial charge in [-0.3, -0.25) is 13.9 Å². The van der Waals surface area contributed by atoms with Gasteiger partial charge in [0.25, 0.3) is 20.2 Å². The molecule has 0 aliphatic rings. The number of carbonyl (C=O) groups is 1. The quantitative estimate of drug-likeness (QED) is 0.101. The number of nitrogens with one attached hydrogen (secondary N) is 1. The van der Waals surface area contributed by atoms with Gasteiger partial charge in [-0.1, -0.05) is 48.5 Å². The first-order chi connectivity index (χ1) is 26.1. The fraction of sp³-hybridized carbons (Fsp3) is 0.154. The molecule has 0 saturated carbocycles. The highest BCUT2D eigenvalue weighted by atomic mass is 32.2. The highest BCUT2D eigenvalue weighted by Crippen LogP contribution is 2.42. The van der Waals surface area contributed by atoms with Gasteiger partial charge in [-0.25, -0.2) is 0 Å². The second-order valence-corrected chi connectivity index (χ2v) is 15.9. The normalized spacial score (nSPS) is 12.7. The maximum atomic E-state index is 13.3. The number of amides is 1. The molecule has 0 unspecified atom stereocenters. The number of rotatable bonds is 8. The van der Waals surface area contributed by atoms with Crippen LogP contribution in [0.4, 0.5) is 41.6 Å². The number of fused-ring (bicyclic) bond motifs is 2. The molecular formula is C39H32F3N5O7S2. The molecule has 12 nitrogen and oxygen atoms in total. The van der Waals surface area contributed by atoms with Crippen molar-refractivity contribution >= 4 is 76.1 Å². The van der Waals surface area contributed by atoms with Crippen LogP contribution in [0.1, 0.15) is 27.8 Å². The Morgan fingerprint density at radius 2 is 0.946 bits per heavy atom. The molecule has 0 saturated heterocycles. The summed E-state index contributed by atoms with van der Waals surface area (Å²) in [5.41, 5.74) is 5.16. The molecule has 6 rings (SSSR count). The van der Waals surface area contributed by atoms with E-state index in [1.54, 1.807) is 50.4 Å². The summed E-state index contributed by atoms with van der Waals surface area (Å²) in [4.78, 5) is 11.1. The molecule has 56 heavy (non-hydrogen) atoms. The summed E-state index contributed by atoms with van der Waals surface area (Å²) in [6.07, 6.45) is -5.27. The van der Waals surface area contributed by atoms with Crippen molar-refractivity contribution in [3.63, 3.8) is 0 Å². The topological polar surface area (TPSA) is 187 Å². The van der Waals surface area contributed by atoms with Gasteiger partial charge in [0.1, 0.15) is 15.5 Å². The lowest BCUT2D eigenvalue weighted by Crippen LogP contribution is -2.30. The fourth-order valence-corrected chi connectivity index (χ4v) is 7.93. The molecule has 0 aliphatic heterocycles. The molecule has 0 radical (unpaired) electrons. The molecule has 0 heterocycles. The molecule has 1 amide bonds. The summed E-state index contributed by atoms with van der Waals surface area (Å²) >= 11 is 0. The molecule has 0 atom stereocenters. The maximum absolute atomic E-state index is 13.3. The van der Waals surface area contributed by atoms with Crippen molar-refractivity contribution in [2.24, 2.45) is 20.5 Å². The third-order valence-electron chi connectivity index (χ3n) is 9.12. The lowest BCUT2D eigenvalue weighted by Gasteiger charge is -2.15. The van der Waals surface area contributed by atoms with Crippen LogP contribution in [0.2, 0.25) is 0 Å². The van der Waals surface area contributed by atoms with E-state index < -0.39 is 48.6 Å². The summed E-state index contributed by atoms with van der Waals surface area (Å²) in [6, 6.07) is 21.6. The van der Waals surface area contributed by atoms with Crippen LogP contribution >= 0.6 is 0 Å². The van der Waals surface area contributed by atoms with Gasteiger partial charge in [-0.05, 0) is 115 Å². The highest BCUT2D eigenvalue weighted by molar-refractivity contribution is 7.86. The van der Waals surface area contributed by atoms with Gasteiger partial charge in [-0.2, -0.15) is 35.1 Å². The minimum absolute atomic E-state index is 0.123. The minimum Gasteiger partial charge on any atom is -0.316 e. The van der Waals surface area contributed by atoms with Gasteiger partial charge in [0, 0.05) is 16.2 Å². The summed E-state index contributed by atoms with van der Waals surface area (Å²) in [6.45, 7) is 8.92. The van der Waals surface area contributed by atoms with Crippen LogP contribution in [0.15, 0.2) is 115 Å². The molecule has 6 aromatic rings. The first-order valence-corrected chi connectivity index (χ1v) is 19.5. The van der Waals surface area contributed by atoms with Crippen molar-refractivity contribution in [3.05, 3.63) is 113 Å². The van der Waals surface area contributed by atoms with Crippen LogP contribution in [-0.2, 0) is 25.0 Å². The van der Waals surface area contributed by atoms with E-state index in [9.17, 15) is 43.9 Å². The Morgan fingerprint density at radius 3 is 1.38 bits per heavy atom. The van der Waals surface area contributed by atoms with Crippen LogP contribution in [0.3, 0.4) is 0 Å². The van der Waals surface area contributed by atoms with Crippen LogP contribution in [0, 0.1) is 34.6 Å². The molecule has 0 fully saturated rings. The first-order valence-electron chi connectivity index (χ1n) is 16.6. The largest absolute Gasteiger partial charge is 0.471 e. The fourth-order valence-electron chi connectivity index (χ4n) is 6.49. The smallest absolute Gasteiger partial charge is 0.316 e. The lowest BCUT2D eigenvalue weighted by molar-refractivity contribution is -0.167. The van der Waals surface area contributed by atoms with E-state index in [1.807, 2.05) is 38.1 Å². The van der Waals surface area contributed by atoms with E-state index >= 15 is 0 Å². The van der Waals surface area contributed by atoms with E-state index in [2.05, 4.69) is 20.5 Å². The third kappa shape index (κ3) is 7.92. The van der Waals surface area contributed by atoms with E-state index in [0.717, 1.165) is 28.3 Å². The Bertz CT molecular complexity index is 2870. The second kappa shape index (κ2) is 14.6. The molecule has 17 heteroatoms. The van der Waals surface area contributed by atoms with Crippen LogP contribution in [-0.4, -0.2) is 38.0 Å². The molecule has 288 valence electrons. The lowest BCUT2D eigenvalue weighted by atomic mass is 9.95. The average molecular weight is 804 g/mol. The Labute approximate surface area is 319 Å². The SMILES string of the molecule is Cc1cc(-c2cc(C)c(N=Nc3cc(S(=O)(=O)O)c4ccccc4c3NC(=O)C(F)(F)F)c(C)c2)cc(C)c1N=Nc1cc(S(=O)(=O)O)c2ccccc2c1C. The van der Waals surface area contributed by atoms with Gasteiger partial charge in [0.15, 0.2) is 0 Å². The van der Waals surface area contributed by atoms with Crippen molar-refractivity contribution in [2.75, 3.05) is 5.32 Å². The number of benzene rings is 6. The second-order valence-electron chi connectivity index (χ2n) is 13.1. The molecule has 6 aromatic carbocycles. The zero-order chi connectivity index (χ0) is 40.9. The van der Waals surface area contributed by atoms with Crippen LogP contribution in [0.5, 0.6) is 0 Å². The Morgan fingerprint density at radius 1 is 0.571 bits per heavy atom. The highest BCUT2D eigenvalue weighted by Gasteiger charge is 2.39. The number of halogens is 3.